The number of aromatic hydroxyl groups is 1. The first-order chi connectivity index (χ1) is 10.6. The first-order valence-corrected chi connectivity index (χ1v) is 8.20. The summed E-state index contributed by atoms with van der Waals surface area (Å²) < 4.78 is 4.95. The Kier molecular flexibility index (Phi) is 5.94. The van der Waals surface area contributed by atoms with Crippen molar-refractivity contribution < 1.29 is 19.4 Å². The molecule has 1 heterocycles. The lowest BCUT2D eigenvalue weighted by Crippen LogP contribution is -2.51. The fraction of sp³-hybridized carbons (Fsp3) is 0.467. The fourth-order valence-electron chi connectivity index (χ4n) is 2.13. The fourth-order valence-corrected chi connectivity index (χ4v) is 2.93. The number of carbonyl (C=O) groups excluding carboxylic acids is 2. The molecule has 2 rings (SSSR count). The third kappa shape index (κ3) is 4.56. The van der Waals surface area contributed by atoms with Crippen LogP contribution in [-0.2, 0) is 9.53 Å². The number of rotatable bonds is 4. The predicted molar refractivity (Wildman–Crippen MR) is 84.0 cm³/mol. The van der Waals surface area contributed by atoms with Gasteiger partial charge < -0.3 is 19.6 Å². The minimum atomic E-state index is -0.312. The van der Waals surface area contributed by atoms with E-state index in [9.17, 15) is 14.7 Å². The number of benzene rings is 1. The molecule has 0 radical (unpaired) electrons. The van der Waals surface area contributed by atoms with Crippen molar-refractivity contribution in [3.05, 3.63) is 24.3 Å². The van der Waals surface area contributed by atoms with Crippen LogP contribution in [0.5, 0.6) is 5.75 Å². The highest BCUT2D eigenvalue weighted by atomic mass is 32.2. The van der Waals surface area contributed by atoms with E-state index >= 15 is 0 Å². The van der Waals surface area contributed by atoms with Gasteiger partial charge in [-0.15, -0.1) is 11.8 Å². The van der Waals surface area contributed by atoms with Gasteiger partial charge in [0.1, 0.15) is 5.75 Å². The largest absolute Gasteiger partial charge is 0.508 e. The van der Waals surface area contributed by atoms with Crippen LogP contribution < -0.4 is 0 Å². The molecule has 1 fully saturated rings. The zero-order chi connectivity index (χ0) is 15.9. The smallest absolute Gasteiger partial charge is 0.409 e. The molecule has 2 amide bonds. The van der Waals surface area contributed by atoms with E-state index in [0.717, 1.165) is 4.90 Å². The summed E-state index contributed by atoms with van der Waals surface area (Å²) in [5, 5.41) is 9.22. The molecular weight excluding hydrogens is 304 g/mol. The monoisotopic (exact) mass is 324 g/mol. The number of ether oxygens (including phenoxy) is 1. The van der Waals surface area contributed by atoms with E-state index in [1.807, 2.05) is 0 Å². The van der Waals surface area contributed by atoms with Crippen molar-refractivity contribution >= 4 is 23.8 Å². The van der Waals surface area contributed by atoms with Crippen LogP contribution >= 0.6 is 11.8 Å². The Morgan fingerprint density at radius 1 is 1.14 bits per heavy atom. The first kappa shape index (κ1) is 16.5. The van der Waals surface area contributed by atoms with Gasteiger partial charge in [-0.3, -0.25) is 4.79 Å². The molecule has 1 aliphatic rings. The number of nitrogens with zero attached hydrogens (tertiary/aromatic N) is 2. The topological polar surface area (TPSA) is 70.1 Å². The minimum Gasteiger partial charge on any atom is -0.508 e. The van der Waals surface area contributed by atoms with Crippen LogP contribution in [-0.4, -0.2) is 65.4 Å². The van der Waals surface area contributed by atoms with Gasteiger partial charge in [0, 0.05) is 31.1 Å². The van der Waals surface area contributed by atoms with Gasteiger partial charge in [0.2, 0.25) is 5.91 Å². The molecule has 7 heteroatoms. The van der Waals surface area contributed by atoms with E-state index in [1.54, 1.807) is 41.0 Å². The van der Waals surface area contributed by atoms with Crippen molar-refractivity contribution in [3.63, 3.8) is 0 Å². The first-order valence-electron chi connectivity index (χ1n) is 7.21. The van der Waals surface area contributed by atoms with E-state index < -0.39 is 0 Å². The zero-order valence-corrected chi connectivity index (χ0v) is 13.3. The summed E-state index contributed by atoms with van der Waals surface area (Å²) in [6.07, 6.45) is -0.312. The number of carbonyl (C=O) groups is 2. The van der Waals surface area contributed by atoms with Gasteiger partial charge in [-0.05, 0) is 31.2 Å². The van der Waals surface area contributed by atoms with E-state index in [2.05, 4.69) is 0 Å². The van der Waals surface area contributed by atoms with E-state index in [4.69, 9.17) is 4.74 Å². The molecule has 0 unspecified atom stereocenters. The second-order valence-corrected chi connectivity index (χ2v) is 5.90. The summed E-state index contributed by atoms with van der Waals surface area (Å²) in [4.78, 5) is 28.1. The molecular formula is C15H20N2O4S. The number of phenols is 1. The number of hydrogen-bond acceptors (Lipinski definition) is 5. The summed E-state index contributed by atoms with van der Waals surface area (Å²) >= 11 is 1.44. The Balaban J connectivity index is 1.75. The molecule has 1 aliphatic heterocycles. The standard InChI is InChI=1S/C15H20N2O4S/c1-2-21-15(20)17-9-7-16(8-10-17)14(19)11-22-13-5-3-12(18)4-6-13/h3-6,18H,2,7-11H2,1H3. The molecule has 0 saturated carbocycles. The van der Waals surface area contributed by atoms with E-state index in [1.165, 1.54) is 11.8 Å². The zero-order valence-electron chi connectivity index (χ0n) is 12.5. The molecule has 1 aromatic carbocycles. The van der Waals surface area contributed by atoms with Crippen LogP contribution in [0.4, 0.5) is 4.79 Å². The van der Waals surface area contributed by atoms with Crippen molar-refractivity contribution in [1.82, 2.24) is 9.80 Å². The number of phenolic OH excluding ortho intramolecular Hbond substituents is 1. The van der Waals surface area contributed by atoms with E-state index in [0.29, 0.717) is 38.5 Å². The molecule has 0 atom stereocenters. The summed E-state index contributed by atoms with van der Waals surface area (Å²) in [5.74, 6) is 0.622. The minimum absolute atomic E-state index is 0.0570. The van der Waals surface area contributed by atoms with Crippen LogP contribution in [0, 0.1) is 0 Å². The average molecular weight is 324 g/mol. The third-order valence-corrected chi connectivity index (χ3v) is 4.35. The summed E-state index contributed by atoms with van der Waals surface area (Å²) in [7, 11) is 0. The Morgan fingerprint density at radius 3 is 2.32 bits per heavy atom. The molecule has 22 heavy (non-hydrogen) atoms. The van der Waals surface area contributed by atoms with Crippen LogP contribution in [0.3, 0.4) is 0 Å². The lowest BCUT2D eigenvalue weighted by atomic mass is 10.3. The van der Waals surface area contributed by atoms with Crippen molar-refractivity contribution in [2.24, 2.45) is 0 Å². The van der Waals surface area contributed by atoms with Crippen molar-refractivity contribution in [2.75, 3.05) is 38.5 Å². The molecule has 0 aromatic heterocycles. The Labute approximate surface area is 134 Å². The normalized spacial score (nSPS) is 14.8. The van der Waals surface area contributed by atoms with Gasteiger partial charge in [0.05, 0.1) is 12.4 Å². The number of thioether (sulfide) groups is 1. The van der Waals surface area contributed by atoms with Crippen molar-refractivity contribution in [3.8, 4) is 5.75 Å². The van der Waals surface area contributed by atoms with Crippen LogP contribution in [0.1, 0.15) is 6.92 Å². The average Bonchev–Trinajstić information content (AvgIpc) is 2.54. The van der Waals surface area contributed by atoms with Crippen LogP contribution in [0.15, 0.2) is 29.2 Å². The highest BCUT2D eigenvalue weighted by Gasteiger charge is 2.24. The van der Waals surface area contributed by atoms with Crippen LogP contribution in [0.25, 0.3) is 0 Å². The Bertz CT molecular complexity index is 513. The molecule has 1 N–H and O–H groups in total. The quantitative estimate of drug-likeness (QED) is 0.855. The lowest BCUT2D eigenvalue weighted by molar-refractivity contribution is -0.129. The number of hydrogen-bond donors (Lipinski definition) is 1. The maximum Gasteiger partial charge on any atom is 0.409 e. The molecule has 0 spiro atoms. The van der Waals surface area contributed by atoms with Crippen LogP contribution in [0.2, 0.25) is 0 Å². The highest BCUT2D eigenvalue weighted by molar-refractivity contribution is 8.00. The molecule has 0 aliphatic carbocycles. The second kappa shape index (κ2) is 7.93. The molecule has 0 bridgehead atoms. The molecule has 120 valence electrons. The van der Waals surface area contributed by atoms with E-state index in [-0.39, 0.29) is 17.7 Å². The SMILES string of the molecule is CCOC(=O)N1CCN(C(=O)CSc2ccc(O)cc2)CC1. The lowest BCUT2D eigenvalue weighted by Gasteiger charge is -2.34. The second-order valence-electron chi connectivity index (χ2n) is 4.85. The maximum absolute atomic E-state index is 12.2. The predicted octanol–water partition coefficient (Wildman–Crippen LogP) is 1.79. The van der Waals surface area contributed by atoms with Gasteiger partial charge in [-0.25, -0.2) is 4.79 Å². The summed E-state index contributed by atoms with van der Waals surface area (Å²) in [6.45, 7) is 4.23. The Morgan fingerprint density at radius 2 is 1.73 bits per heavy atom. The third-order valence-electron chi connectivity index (χ3n) is 3.36. The molecule has 1 aromatic rings. The highest BCUT2D eigenvalue weighted by Crippen LogP contribution is 2.21. The summed E-state index contributed by atoms with van der Waals surface area (Å²) in [6, 6.07) is 6.77. The van der Waals surface area contributed by atoms with Gasteiger partial charge >= 0.3 is 6.09 Å². The molecule has 6 nitrogen and oxygen atoms in total. The summed E-state index contributed by atoms with van der Waals surface area (Å²) in [5.41, 5.74) is 0. The van der Waals surface area contributed by atoms with Gasteiger partial charge in [-0.2, -0.15) is 0 Å². The number of amides is 2. The van der Waals surface area contributed by atoms with Crippen molar-refractivity contribution in [2.45, 2.75) is 11.8 Å². The van der Waals surface area contributed by atoms with Gasteiger partial charge in [0.25, 0.3) is 0 Å². The number of piperazine rings is 1. The van der Waals surface area contributed by atoms with Crippen molar-refractivity contribution in [1.29, 1.82) is 0 Å². The molecule has 1 saturated heterocycles. The van der Waals surface area contributed by atoms with Gasteiger partial charge in [-0.1, -0.05) is 0 Å². The van der Waals surface area contributed by atoms with Gasteiger partial charge in [0.15, 0.2) is 0 Å². The Hall–Kier alpha value is -1.89. The maximum atomic E-state index is 12.2.